The molecule has 6 heteroatoms. The number of aromatic nitrogens is 2. The first kappa shape index (κ1) is 13.6. The number of anilines is 1. The summed E-state index contributed by atoms with van der Waals surface area (Å²) in [6, 6.07) is 0. The maximum Gasteiger partial charge on any atom is 0.257 e. The fraction of sp³-hybridized carbons (Fsp3) is 0.714. The topological polar surface area (TPSA) is 56.7 Å². The normalized spacial score (nSPS) is 21.6. The van der Waals surface area contributed by atoms with E-state index in [-0.39, 0.29) is 6.10 Å². The van der Waals surface area contributed by atoms with Gasteiger partial charge in [0.15, 0.2) is 11.6 Å². The minimum Gasteiger partial charge on any atom is -0.472 e. The van der Waals surface area contributed by atoms with E-state index in [0.717, 1.165) is 25.2 Å². The molecule has 0 aliphatic carbocycles. The van der Waals surface area contributed by atoms with Crippen molar-refractivity contribution < 1.29 is 14.2 Å². The summed E-state index contributed by atoms with van der Waals surface area (Å²) in [5, 5.41) is 0. The minimum atomic E-state index is -0.467. The molecular formula is C14H21N3O3. The molecule has 110 valence electrons. The van der Waals surface area contributed by atoms with Crippen molar-refractivity contribution in [3.8, 4) is 5.88 Å². The van der Waals surface area contributed by atoms with Gasteiger partial charge in [-0.25, -0.2) is 9.97 Å². The van der Waals surface area contributed by atoms with E-state index in [9.17, 15) is 0 Å². The molecule has 2 aliphatic heterocycles. The average Bonchev–Trinajstić information content (AvgIpc) is 2.87. The van der Waals surface area contributed by atoms with Gasteiger partial charge in [-0.3, -0.25) is 0 Å². The lowest BCUT2D eigenvalue weighted by molar-refractivity contribution is -0.161. The van der Waals surface area contributed by atoms with Gasteiger partial charge in [0.25, 0.3) is 5.88 Å². The fourth-order valence-electron chi connectivity index (χ4n) is 2.74. The molecule has 3 heterocycles. The van der Waals surface area contributed by atoms with Crippen LogP contribution in [0.25, 0.3) is 0 Å². The summed E-state index contributed by atoms with van der Waals surface area (Å²) in [5.41, 5.74) is 0. The maximum absolute atomic E-state index is 5.80. The van der Waals surface area contributed by atoms with Crippen LogP contribution in [0.2, 0.25) is 0 Å². The molecule has 0 atom stereocenters. The van der Waals surface area contributed by atoms with Crippen molar-refractivity contribution in [1.29, 1.82) is 0 Å². The highest BCUT2D eigenvalue weighted by atomic mass is 16.7. The Bertz CT molecular complexity index is 461. The Labute approximate surface area is 119 Å². The summed E-state index contributed by atoms with van der Waals surface area (Å²) >= 11 is 0. The van der Waals surface area contributed by atoms with Gasteiger partial charge < -0.3 is 19.1 Å². The van der Waals surface area contributed by atoms with Crippen LogP contribution in [0.1, 0.15) is 26.7 Å². The Balaban J connectivity index is 1.81. The average molecular weight is 279 g/mol. The minimum absolute atomic E-state index is 0.0724. The zero-order valence-corrected chi connectivity index (χ0v) is 12.0. The number of ether oxygens (including phenoxy) is 3. The smallest absolute Gasteiger partial charge is 0.257 e. The predicted molar refractivity (Wildman–Crippen MR) is 73.9 cm³/mol. The third kappa shape index (κ3) is 2.71. The Hall–Kier alpha value is -1.40. The Morgan fingerprint density at radius 2 is 2.00 bits per heavy atom. The van der Waals surface area contributed by atoms with Crippen molar-refractivity contribution in [3.63, 3.8) is 0 Å². The van der Waals surface area contributed by atoms with Crippen LogP contribution < -0.4 is 9.64 Å². The molecule has 0 aromatic carbocycles. The summed E-state index contributed by atoms with van der Waals surface area (Å²) in [7, 11) is 0. The van der Waals surface area contributed by atoms with Crippen LogP contribution in [0.4, 0.5) is 5.82 Å². The molecule has 2 fully saturated rings. The molecule has 1 aromatic heterocycles. The summed E-state index contributed by atoms with van der Waals surface area (Å²) in [5.74, 6) is 0.891. The Morgan fingerprint density at radius 1 is 1.25 bits per heavy atom. The highest BCUT2D eigenvalue weighted by Gasteiger charge is 2.41. The van der Waals surface area contributed by atoms with Crippen LogP contribution in [-0.2, 0) is 9.47 Å². The van der Waals surface area contributed by atoms with Crippen molar-refractivity contribution in [3.05, 3.63) is 12.4 Å². The molecule has 1 spiro atoms. The summed E-state index contributed by atoms with van der Waals surface area (Å²) < 4.78 is 17.4. The molecule has 0 saturated carbocycles. The first-order chi connectivity index (χ1) is 9.69. The van der Waals surface area contributed by atoms with E-state index in [1.807, 2.05) is 13.8 Å². The lowest BCUT2D eigenvalue weighted by Crippen LogP contribution is -2.49. The first-order valence-corrected chi connectivity index (χ1v) is 7.19. The van der Waals surface area contributed by atoms with Gasteiger partial charge in [-0.1, -0.05) is 0 Å². The highest BCUT2D eigenvalue weighted by molar-refractivity contribution is 5.48. The van der Waals surface area contributed by atoms with Crippen LogP contribution in [0.5, 0.6) is 5.88 Å². The largest absolute Gasteiger partial charge is 0.472 e. The number of nitrogens with zero attached hydrogens (tertiary/aromatic N) is 3. The zero-order chi connectivity index (χ0) is 14.0. The molecule has 0 unspecified atom stereocenters. The van der Waals surface area contributed by atoms with Crippen LogP contribution in [0.15, 0.2) is 12.4 Å². The lowest BCUT2D eigenvalue weighted by Gasteiger charge is -2.39. The van der Waals surface area contributed by atoms with Crippen LogP contribution in [-0.4, -0.2) is 48.2 Å². The number of hydrogen-bond donors (Lipinski definition) is 0. The van der Waals surface area contributed by atoms with Gasteiger partial charge in [-0.15, -0.1) is 0 Å². The Morgan fingerprint density at radius 3 is 2.75 bits per heavy atom. The monoisotopic (exact) mass is 279 g/mol. The number of hydrogen-bond acceptors (Lipinski definition) is 6. The van der Waals surface area contributed by atoms with Gasteiger partial charge in [-0.05, 0) is 20.3 Å². The quantitative estimate of drug-likeness (QED) is 0.838. The third-order valence-corrected chi connectivity index (χ3v) is 3.52. The van der Waals surface area contributed by atoms with E-state index < -0.39 is 5.79 Å². The molecule has 2 saturated heterocycles. The first-order valence-electron chi connectivity index (χ1n) is 7.19. The van der Waals surface area contributed by atoms with Crippen molar-refractivity contribution in [1.82, 2.24) is 9.97 Å². The van der Waals surface area contributed by atoms with Gasteiger partial charge in [0.05, 0.1) is 25.9 Å². The summed E-state index contributed by atoms with van der Waals surface area (Å²) in [6.45, 7) is 6.91. The van der Waals surface area contributed by atoms with Gasteiger partial charge in [-0.2, -0.15) is 0 Å². The summed E-state index contributed by atoms with van der Waals surface area (Å²) in [4.78, 5) is 10.9. The van der Waals surface area contributed by atoms with E-state index in [1.54, 1.807) is 12.4 Å². The van der Waals surface area contributed by atoms with E-state index in [2.05, 4.69) is 14.9 Å². The molecule has 1 aromatic rings. The summed E-state index contributed by atoms with van der Waals surface area (Å²) in [6.07, 6.45) is 5.37. The molecule has 0 N–H and O–H groups in total. The molecule has 20 heavy (non-hydrogen) atoms. The van der Waals surface area contributed by atoms with Crippen LogP contribution in [0.3, 0.4) is 0 Å². The number of rotatable bonds is 3. The molecule has 6 nitrogen and oxygen atoms in total. The SMILES string of the molecule is CC(C)Oc1nccnc1N1CCCC2(C1)OCCO2. The molecule has 3 rings (SSSR count). The zero-order valence-electron chi connectivity index (χ0n) is 12.0. The van der Waals surface area contributed by atoms with Crippen LogP contribution in [0, 0.1) is 0 Å². The highest BCUT2D eigenvalue weighted by Crippen LogP contribution is 2.34. The maximum atomic E-state index is 5.80. The van der Waals surface area contributed by atoms with Crippen molar-refractivity contribution >= 4 is 5.82 Å². The van der Waals surface area contributed by atoms with Crippen molar-refractivity contribution in [2.45, 2.75) is 38.6 Å². The predicted octanol–water partition coefficient (Wildman–Crippen LogP) is 1.61. The third-order valence-electron chi connectivity index (χ3n) is 3.52. The van der Waals surface area contributed by atoms with E-state index in [0.29, 0.717) is 25.6 Å². The van der Waals surface area contributed by atoms with Gasteiger partial charge in [0.1, 0.15) is 0 Å². The van der Waals surface area contributed by atoms with E-state index in [4.69, 9.17) is 14.2 Å². The van der Waals surface area contributed by atoms with Gasteiger partial charge in [0, 0.05) is 25.4 Å². The Kier molecular flexibility index (Phi) is 3.76. The molecular weight excluding hydrogens is 258 g/mol. The fourth-order valence-corrected chi connectivity index (χ4v) is 2.74. The van der Waals surface area contributed by atoms with E-state index >= 15 is 0 Å². The molecule has 0 radical (unpaired) electrons. The standard InChI is InChI=1S/C14H21N3O3/c1-11(2)20-13-12(15-5-6-16-13)17-7-3-4-14(10-17)18-8-9-19-14/h5-6,11H,3-4,7-10H2,1-2H3. The number of piperidine rings is 1. The van der Waals surface area contributed by atoms with Crippen LogP contribution >= 0.6 is 0 Å². The second-order valence-electron chi connectivity index (χ2n) is 5.48. The van der Waals surface area contributed by atoms with E-state index in [1.165, 1.54) is 0 Å². The van der Waals surface area contributed by atoms with Crippen molar-refractivity contribution in [2.24, 2.45) is 0 Å². The molecule has 2 aliphatic rings. The second kappa shape index (κ2) is 5.54. The molecule has 0 amide bonds. The van der Waals surface area contributed by atoms with Gasteiger partial charge in [0.2, 0.25) is 0 Å². The lowest BCUT2D eigenvalue weighted by atomic mass is 10.0. The second-order valence-corrected chi connectivity index (χ2v) is 5.48. The van der Waals surface area contributed by atoms with Gasteiger partial charge >= 0.3 is 0 Å². The molecule has 0 bridgehead atoms. The van der Waals surface area contributed by atoms with Crippen molar-refractivity contribution in [2.75, 3.05) is 31.2 Å².